The maximum Gasteiger partial charge on any atom is 0.313 e. The van der Waals surface area contributed by atoms with Crippen LogP contribution in [-0.2, 0) is 23.9 Å². The second-order valence-corrected chi connectivity index (χ2v) is 18.5. The molecule has 0 fully saturated rings. The van der Waals surface area contributed by atoms with Gasteiger partial charge in [0.25, 0.3) is 0 Å². The molecule has 0 aromatic rings. The first-order chi connectivity index (χ1) is 29.5. The largest absolute Gasteiger partial charge is 0.469 e. The lowest BCUT2D eigenvalue weighted by atomic mass is 10.0. The van der Waals surface area contributed by atoms with E-state index >= 15 is 0 Å². The van der Waals surface area contributed by atoms with E-state index in [0.29, 0.717) is 19.3 Å². The van der Waals surface area contributed by atoms with Gasteiger partial charge in [0.2, 0.25) is 0 Å². The lowest BCUT2D eigenvalue weighted by molar-refractivity contribution is -0.159. The van der Waals surface area contributed by atoms with Crippen LogP contribution in [0.15, 0.2) is 0 Å². The Kier molecular flexibility index (Phi) is 56.3. The van der Waals surface area contributed by atoms with Crippen molar-refractivity contribution in [2.24, 2.45) is 0 Å². The molecule has 5 heteroatoms. The van der Waals surface area contributed by atoms with Gasteiger partial charge in [-0.3, -0.25) is 14.4 Å². The Hall–Kier alpha value is -1.39. The lowest BCUT2D eigenvalue weighted by Gasteiger charge is -2.05. The van der Waals surface area contributed by atoms with Gasteiger partial charge < -0.3 is 9.47 Å². The maximum atomic E-state index is 11.9. The Labute approximate surface area is 376 Å². The van der Waals surface area contributed by atoms with E-state index in [0.717, 1.165) is 32.1 Å². The van der Waals surface area contributed by atoms with Crippen LogP contribution in [0, 0.1) is 0 Å². The van der Waals surface area contributed by atoms with Gasteiger partial charge in [0.15, 0.2) is 0 Å². The molecule has 60 heavy (non-hydrogen) atoms. The van der Waals surface area contributed by atoms with Gasteiger partial charge in [-0.2, -0.15) is 0 Å². The van der Waals surface area contributed by atoms with Gasteiger partial charge in [-0.25, -0.2) is 0 Å². The van der Waals surface area contributed by atoms with Crippen molar-refractivity contribution in [3.8, 4) is 0 Å². The third-order valence-corrected chi connectivity index (χ3v) is 12.4. The van der Waals surface area contributed by atoms with E-state index in [1.807, 2.05) is 0 Å². The predicted octanol–water partition coefficient (Wildman–Crippen LogP) is 19.0. The van der Waals surface area contributed by atoms with Crippen molar-refractivity contribution < 1.29 is 23.9 Å². The molecule has 0 radical (unpaired) electrons. The zero-order chi connectivity index (χ0) is 44.1. The predicted molar refractivity (Wildman–Crippen MR) is 262 cm³/mol. The fourth-order valence-corrected chi connectivity index (χ4v) is 8.25. The van der Waals surface area contributed by atoms with Gasteiger partial charge in [0.1, 0.15) is 0 Å². The number of carbonyl (C=O) groups is 3. The summed E-state index contributed by atoms with van der Waals surface area (Å²) in [6.07, 6.45) is 61.0. The van der Waals surface area contributed by atoms with Crippen LogP contribution in [-0.4, -0.2) is 25.0 Å². The summed E-state index contributed by atoms with van der Waals surface area (Å²) in [4.78, 5) is 34.7. The number of esters is 3. The molecular weight excluding hydrogens is 741 g/mol. The standard InChI is InChI=1S/C36H70O3.C19H38O2/c1-3-5-7-9-11-13-15-17-19-21-23-25-27-29-31-33-35(37)39-36(38)34-32-30-28-26-24-22-20-18-16-14-12-10-8-6-4-2;1-3-4-5-6-7-8-9-10-11-12-13-14-15-16-17-18-19(20)21-2/h3-34H2,1-2H3;3-18H2,1-2H3. The zero-order valence-corrected chi connectivity index (χ0v) is 41.5. The van der Waals surface area contributed by atoms with E-state index in [1.54, 1.807) is 0 Å². The van der Waals surface area contributed by atoms with Crippen LogP contribution in [0.25, 0.3) is 0 Å². The van der Waals surface area contributed by atoms with Gasteiger partial charge in [-0.1, -0.05) is 290 Å². The molecule has 0 aromatic carbocycles. The van der Waals surface area contributed by atoms with Crippen LogP contribution in [0.5, 0.6) is 0 Å². The average molecular weight is 849 g/mol. The molecule has 358 valence electrons. The smallest absolute Gasteiger partial charge is 0.313 e. The lowest BCUT2D eigenvalue weighted by Crippen LogP contribution is -2.11. The number of unbranched alkanes of at least 4 members (excludes halogenated alkanes) is 42. The van der Waals surface area contributed by atoms with Crippen LogP contribution in [0.2, 0.25) is 0 Å². The van der Waals surface area contributed by atoms with Crippen LogP contribution >= 0.6 is 0 Å². The minimum atomic E-state index is -0.323. The number of hydrogen-bond donors (Lipinski definition) is 0. The molecule has 0 unspecified atom stereocenters. The van der Waals surface area contributed by atoms with E-state index < -0.39 is 0 Å². The molecule has 0 rings (SSSR count). The third-order valence-electron chi connectivity index (χ3n) is 12.4. The van der Waals surface area contributed by atoms with Crippen molar-refractivity contribution in [2.75, 3.05) is 7.11 Å². The summed E-state index contributed by atoms with van der Waals surface area (Å²) in [7, 11) is 1.47. The maximum absolute atomic E-state index is 11.9. The summed E-state index contributed by atoms with van der Waals surface area (Å²) in [6, 6.07) is 0. The fourth-order valence-electron chi connectivity index (χ4n) is 8.25. The first-order valence-corrected chi connectivity index (χ1v) is 27.3. The minimum Gasteiger partial charge on any atom is -0.469 e. The summed E-state index contributed by atoms with van der Waals surface area (Å²) < 4.78 is 9.64. The molecule has 0 spiro atoms. The van der Waals surface area contributed by atoms with Gasteiger partial charge in [-0.15, -0.1) is 0 Å². The first-order valence-electron chi connectivity index (χ1n) is 27.3. The van der Waals surface area contributed by atoms with Gasteiger partial charge in [-0.05, 0) is 19.3 Å². The first kappa shape index (κ1) is 60.7. The Bertz CT molecular complexity index is 797. The molecule has 0 aliphatic carbocycles. The molecular formula is C55H108O5. The molecule has 5 nitrogen and oxygen atoms in total. The summed E-state index contributed by atoms with van der Waals surface area (Å²) in [5.41, 5.74) is 0. The van der Waals surface area contributed by atoms with E-state index in [2.05, 4.69) is 25.5 Å². The number of hydrogen-bond acceptors (Lipinski definition) is 5. The number of ether oxygens (including phenoxy) is 2. The Morgan fingerprint density at radius 2 is 0.383 bits per heavy atom. The van der Waals surface area contributed by atoms with Gasteiger partial charge in [0, 0.05) is 19.3 Å². The van der Waals surface area contributed by atoms with Crippen LogP contribution < -0.4 is 0 Å². The van der Waals surface area contributed by atoms with Crippen molar-refractivity contribution in [3.05, 3.63) is 0 Å². The van der Waals surface area contributed by atoms with Crippen LogP contribution in [0.1, 0.15) is 329 Å². The second kappa shape index (κ2) is 55.6. The third kappa shape index (κ3) is 56.6. The number of methoxy groups -OCH3 is 1. The number of carbonyl (C=O) groups excluding carboxylic acids is 3. The van der Waals surface area contributed by atoms with Crippen molar-refractivity contribution in [3.63, 3.8) is 0 Å². The summed E-state index contributed by atoms with van der Waals surface area (Å²) >= 11 is 0. The normalized spacial score (nSPS) is 11.1. The highest BCUT2D eigenvalue weighted by Gasteiger charge is 2.10. The average Bonchev–Trinajstić information content (AvgIpc) is 3.25. The quantitative estimate of drug-likeness (QED) is 0.0346. The molecule has 0 bridgehead atoms. The van der Waals surface area contributed by atoms with Crippen molar-refractivity contribution in [2.45, 2.75) is 329 Å². The zero-order valence-electron chi connectivity index (χ0n) is 41.5. The van der Waals surface area contributed by atoms with E-state index in [4.69, 9.17) is 4.74 Å². The van der Waals surface area contributed by atoms with Crippen molar-refractivity contribution in [1.82, 2.24) is 0 Å². The molecule has 0 N–H and O–H groups in total. The highest BCUT2D eigenvalue weighted by molar-refractivity contribution is 5.85. The van der Waals surface area contributed by atoms with Crippen molar-refractivity contribution in [1.29, 1.82) is 0 Å². The molecule has 0 saturated heterocycles. The Morgan fingerprint density at radius 3 is 0.550 bits per heavy atom. The van der Waals surface area contributed by atoms with Crippen LogP contribution in [0.3, 0.4) is 0 Å². The molecule has 0 atom stereocenters. The van der Waals surface area contributed by atoms with Gasteiger partial charge >= 0.3 is 17.9 Å². The molecule has 0 aliphatic rings. The number of rotatable bonds is 48. The minimum absolute atomic E-state index is 0.0651. The highest BCUT2D eigenvalue weighted by Crippen LogP contribution is 2.17. The van der Waals surface area contributed by atoms with E-state index in [9.17, 15) is 14.4 Å². The topological polar surface area (TPSA) is 69.7 Å². The summed E-state index contributed by atoms with van der Waals surface area (Å²) in [5.74, 6) is -0.712. The Morgan fingerprint density at radius 1 is 0.233 bits per heavy atom. The SMILES string of the molecule is CCCCCCCCCCCCCCCCCC(=O)OC.CCCCCCCCCCCCCCCCCC(=O)OC(=O)CCCCCCCCCCCCCCCCC. The van der Waals surface area contributed by atoms with Crippen LogP contribution in [0.4, 0.5) is 0 Å². The van der Waals surface area contributed by atoms with Crippen molar-refractivity contribution >= 4 is 17.9 Å². The Balaban J connectivity index is 0. The second-order valence-electron chi connectivity index (χ2n) is 18.5. The monoisotopic (exact) mass is 849 g/mol. The fraction of sp³-hybridized carbons (Fsp3) is 0.945. The molecule has 0 heterocycles. The summed E-state index contributed by atoms with van der Waals surface area (Å²) in [6.45, 7) is 6.83. The van der Waals surface area contributed by atoms with E-state index in [-0.39, 0.29) is 17.9 Å². The highest BCUT2D eigenvalue weighted by atomic mass is 16.6. The van der Waals surface area contributed by atoms with E-state index in [1.165, 1.54) is 264 Å². The molecule has 0 saturated carbocycles. The summed E-state index contributed by atoms with van der Waals surface area (Å²) in [5, 5.41) is 0. The molecule has 0 amide bonds. The van der Waals surface area contributed by atoms with Gasteiger partial charge in [0.05, 0.1) is 7.11 Å². The molecule has 0 aliphatic heterocycles. The molecule has 0 aromatic heterocycles.